The first-order valence-electron chi connectivity index (χ1n) is 7.12. The fourth-order valence-electron chi connectivity index (χ4n) is 2.26. The molecule has 0 amide bonds. The molecule has 3 aromatic rings. The zero-order valence-electron chi connectivity index (χ0n) is 13.1. The molecule has 0 atom stereocenters. The van der Waals surface area contributed by atoms with Crippen LogP contribution in [-0.2, 0) is 0 Å². The Morgan fingerprint density at radius 3 is 2.50 bits per heavy atom. The summed E-state index contributed by atoms with van der Waals surface area (Å²) in [7, 11) is 3.02. The average Bonchev–Trinajstić information content (AvgIpc) is 2.60. The fraction of sp³-hybridized carbons (Fsp3) is 0.111. The van der Waals surface area contributed by atoms with Crippen molar-refractivity contribution in [1.29, 1.82) is 0 Å². The minimum atomic E-state index is -0.500. The van der Waals surface area contributed by atoms with Crippen molar-refractivity contribution in [1.82, 2.24) is 4.98 Å². The number of ether oxygens (including phenoxy) is 2. The Hall–Kier alpha value is -2.79. The van der Waals surface area contributed by atoms with E-state index in [1.807, 2.05) is 18.2 Å². The predicted molar refractivity (Wildman–Crippen MR) is 93.8 cm³/mol. The molecule has 0 saturated carbocycles. The van der Waals surface area contributed by atoms with Gasteiger partial charge in [-0.25, -0.2) is 9.78 Å². The number of methoxy groups -OCH3 is 2. The Labute approximate surface area is 143 Å². The Morgan fingerprint density at radius 1 is 1.08 bits per heavy atom. The molecule has 0 radical (unpaired) electrons. The predicted octanol–water partition coefficient (Wildman–Crippen LogP) is 4.03. The fourth-order valence-corrected chi connectivity index (χ4v) is 2.46. The number of hydrogen-bond acceptors (Lipinski definition) is 5. The van der Waals surface area contributed by atoms with Crippen LogP contribution >= 0.6 is 11.6 Å². The molecule has 5 nitrogen and oxygen atoms in total. The van der Waals surface area contributed by atoms with E-state index in [-0.39, 0.29) is 5.89 Å². The molecule has 3 rings (SSSR count). The molecule has 0 aliphatic carbocycles. The van der Waals surface area contributed by atoms with Crippen molar-refractivity contribution in [2.24, 2.45) is 0 Å². The molecule has 0 aliphatic heterocycles. The molecule has 0 saturated heterocycles. The molecule has 6 heteroatoms. The molecule has 24 heavy (non-hydrogen) atoms. The van der Waals surface area contributed by atoms with Crippen LogP contribution in [0.4, 0.5) is 0 Å². The number of halogens is 1. The van der Waals surface area contributed by atoms with E-state index in [4.69, 9.17) is 25.5 Å². The summed E-state index contributed by atoms with van der Waals surface area (Å²) in [5.74, 6) is 1.11. The first-order valence-corrected chi connectivity index (χ1v) is 7.49. The summed E-state index contributed by atoms with van der Waals surface area (Å²) in [6.45, 7) is 0. The average molecular weight is 344 g/mol. The maximum absolute atomic E-state index is 12.2. The second-order valence-electron chi connectivity index (χ2n) is 4.92. The van der Waals surface area contributed by atoms with E-state index < -0.39 is 5.63 Å². The van der Waals surface area contributed by atoms with Crippen LogP contribution in [0.1, 0.15) is 11.5 Å². The minimum Gasteiger partial charge on any atom is -0.493 e. The van der Waals surface area contributed by atoms with Gasteiger partial charge in [0.15, 0.2) is 11.5 Å². The van der Waals surface area contributed by atoms with E-state index >= 15 is 0 Å². The van der Waals surface area contributed by atoms with Gasteiger partial charge in [-0.1, -0.05) is 29.8 Å². The molecule has 1 heterocycles. The monoisotopic (exact) mass is 343 g/mol. The van der Waals surface area contributed by atoms with Gasteiger partial charge in [0.05, 0.1) is 25.1 Å². The quantitative estimate of drug-likeness (QED) is 0.715. The van der Waals surface area contributed by atoms with Crippen molar-refractivity contribution in [3.8, 4) is 11.5 Å². The number of rotatable bonds is 4. The van der Waals surface area contributed by atoms with E-state index in [0.29, 0.717) is 27.4 Å². The van der Waals surface area contributed by atoms with Crippen LogP contribution in [0.15, 0.2) is 45.6 Å². The summed E-state index contributed by atoms with van der Waals surface area (Å²) in [6, 6.07) is 10.5. The third-order valence-electron chi connectivity index (χ3n) is 3.46. The van der Waals surface area contributed by atoms with Crippen LogP contribution in [0.25, 0.3) is 23.1 Å². The maximum Gasteiger partial charge on any atom is 0.347 e. The maximum atomic E-state index is 12.2. The Morgan fingerprint density at radius 2 is 1.79 bits per heavy atom. The highest BCUT2D eigenvalue weighted by atomic mass is 35.5. The van der Waals surface area contributed by atoms with Crippen LogP contribution in [0.5, 0.6) is 11.5 Å². The van der Waals surface area contributed by atoms with E-state index in [0.717, 1.165) is 5.56 Å². The SMILES string of the molecule is COc1cc2nc(C=Cc3ccccc3Cl)oc(=O)c2cc1OC. The van der Waals surface area contributed by atoms with E-state index in [1.54, 1.807) is 30.4 Å². The zero-order valence-corrected chi connectivity index (χ0v) is 13.8. The van der Waals surface area contributed by atoms with E-state index in [9.17, 15) is 4.79 Å². The molecule has 1 aromatic heterocycles. The van der Waals surface area contributed by atoms with Gasteiger partial charge in [0.2, 0.25) is 5.89 Å². The number of fused-ring (bicyclic) bond motifs is 1. The molecule has 0 N–H and O–H groups in total. The molecule has 2 aromatic carbocycles. The minimum absolute atomic E-state index is 0.180. The van der Waals surface area contributed by atoms with Crippen molar-refractivity contribution in [2.75, 3.05) is 14.2 Å². The first kappa shape index (κ1) is 16.1. The van der Waals surface area contributed by atoms with E-state index in [2.05, 4.69) is 4.98 Å². The third kappa shape index (κ3) is 3.12. The summed E-state index contributed by atoms with van der Waals surface area (Å²) in [4.78, 5) is 16.5. The topological polar surface area (TPSA) is 61.6 Å². The summed E-state index contributed by atoms with van der Waals surface area (Å²) in [6.07, 6.45) is 3.33. The van der Waals surface area contributed by atoms with Gasteiger partial charge in [-0.2, -0.15) is 0 Å². The molecular weight excluding hydrogens is 330 g/mol. The van der Waals surface area contributed by atoms with Crippen LogP contribution in [0, 0.1) is 0 Å². The lowest BCUT2D eigenvalue weighted by atomic mass is 10.2. The molecule has 122 valence electrons. The molecule has 0 aliphatic rings. The van der Waals surface area contributed by atoms with Crippen LogP contribution < -0.4 is 15.1 Å². The summed E-state index contributed by atoms with van der Waals surface area (Å²) >= 11 is 6.10. The number of aromatic nitrogens is 1. The standard InChI is InChI=1S/C18H14ClNO4/c1-22-15-9-12-14(10-16(15)23-2)20-17(24-18(12)21)8-7-11-5-3-4-6-13(11)19/h3-10H,1-2H3. The van der Waals surface area contributed by atoms with Crippen LogP contribution in [0.3, 0.4) is 0 Å². The third-order valence-corrected chi connectivity index (χ3v) is 3.80. The number of benzene rings is 2. The lowest BCUT2D eigenvalue weighted by Crippen LogP contribution is -2.04. The second kappa shape index (κ2) is 6.76. The highest BCUT2D eigenvalue weighted by molar-refractivity contribution is 6.32. The number of nitrogens with zero attached hydrogens (tertiary/aromatic N) is 1. The van der Waals surface area contributed by atoms with Gasteiger partial charge >= 0.3 is 5.63 Å². The van der Waals surface area contributed by atoms with Crippen molar-refractivity contribution in [3.05, 3.63) is 63.3 Å². The molecular formula is C18H14ClNO4. The Bertz CT molecular complexity index is 978. The van der Waals surface area contributed by atoms with Gasteiger partial charge in [-0.15, -0.1) is 0 Å². The van der Waals surface area contributed by atoms with Crippen molar-refractivity contribution in [3.63, 3.8) is 0 Å². The van der Waals surface area contributed by atoms with Gasteiger partial charge in [0, 0.05) is 23.2 Å². The molecule has 0 spiro atoms. The van der Waals surface area contributed by atoms with Crippen molar-refractivity contribution < 1.29 is 13.9 Å². The largest absolute Gasteiger partial charge is 0.493 e. The van der Waals surface area contributed by atoms with Crippen LogP contribution in [0.2, 0.25) is 5.02 Å². The van der Waals surface area contributed by atoms with Crippen LogP contribution in [-0.4, -0.2) is 19.2 Å². The molecule has 0 fully saturated rings. The van der Waals surface area contributed by atoms with Crippen molar-refractivity contribution in [2.45, 2.75) is 0 Å². The highest BCUT2D eigenvalue weighted by Gasteiger charge is 2.11. The van der Waals surface area contributed by atoms with Gasteiger partial charge in [-0.05, 0) is 17.7 Å². The second-order valence-corrected chi connectivity index (χ2v) is 5.33. The molecule has 0 bridgehead atoms. The zero-order chi connectivity index (χ0) is 17.1. The Kier molecular flexibility index (Phi) is 4.53. The molecule has 0 unspecified atom stereocenters. The Balaban J connectivity index is 2.07. The lowest BCUT2D eigenvalue weighted by molar-refractivity contribution is 0.355. The van der Waals surface area contributed by atoms with Gasteiger partial charge in [0.25, 0.3) is 0 Å². The smallest absolute Gasteiger partial charge is 0.347 e. The normalized spacial score (nSPS) is 11.1. The first-order chi connectivity index (χ1) is 11.6. The van der Waals surface area contributed by atoms with Crippen molar-refractivity contribution >= 4 is 34.7 Å². The van der Waals surface area contributed by atoms with Gasteiger partial charge < -0.3 is 13.9 Å². The highest BCUT2D eigenvalue weighted by Crippen LogP contribution is 2.30. The summed E-state index contributed by atoms with van der Waals surface area (Å²) < 4.78 is 15.7. The summed E-state index contributed by atoms with van der Waals surface area (Å²) in [5, 5.41) is 0.922. The van der Waals surface area contributed by atoms with E-state index in [1.165, 1.54) is 14.2 Å². The summed E-state index contributed by atoms with van der Waals surface area (Å²) in [5.41, 5.74) is 0.762. The number of hydrogen-bond donors (Lipinski definition) is 0. The van der Waals surface area contributed by atoms with Gasteiger partial charge in [-0.3, -0.25) is 0 Å². The van der Waals surface area contributed by atoms with Gasteiger partial charge in [0.1, 0.15) is 0 Å². The lowest BCUT2D eigenvalue weighted by Gasteiger charge is -2.08.